The van der Waals surface area contributed by atoms with E-state index in [9.17, 15) is 4.79 Å². The molecular formula is C19H19N3O2S. The lowest BCUT2D eigenvalue weighted by atomic mass is 10.2. The summed E-state index contributed by atoms with van der Waals surface area (Å²) in [5.41, 5.74) is 3.15. The second-order valence-corrected chi connectivity index (χ2v) is 6.62. The van der Waals surface area contributed by atoms with Gasteiger partial charge in [-0.25, -0.2) is 0 Å². The second kappa shape index (κ2) is 7.98. The fraction of sp³-hybridized carbons (Fsp3) is 0.211. The third kappa shape index (κ3) is 4.70. The largest absolute Gasteiger partial charge is 0.493 e. The number of amides is 1. The van der Waals surface area contributed by atoms with E-state index in [2.05, 4.69) is 23.3 Å². The minimum Gasteiger partial charge on any atom is -0.493 e. The summed E-state index contributed by atoms with van der Waals surface area (Å²) in [6.07, 6.45) is 5.43. The Hall–Kier alpha value is -2.60. The van der Waals surface area contributed by atoms with Crippen molar-refractivity contribution in [1.82, 2.24) is 10.3 Å². The van der Waals surface area contributed by atoms with Crippen molar-refractivity contribution in [2.24, 2.45) is 0 Å². The van der Waals surface area contributed by atoms with Crippen LogP contribution in [0.3, 0.4) is 0 Å². The molecule has 1 fully saturated rings. The van der Waals surface area contributed by atoms with Crippen LogP contribution in [0, 0.1) is 5.41 Å². The average Bonchev–Trinajstić information content (AvgIpc) is 2.94. The maximum Gasteiger partial charge on any atom is 0.264 e. The number of ether oxygens (including phenoxy) is 1. The van der Waals surface area contributed by atoms with Gasteiger partial charge < -0.3 is 10.1 Å². The molecule has 2 aromatic rings. The fourth-order valence-electron chi connectivity index (χ4n) is 2.34. The van der Waals surface area contributed by atoms with Crippen LogP contribution in [-0.2, 0) is 17.6 Å². The summed E-state index contributed by atoms with van der Waals surface area (Å²) in [5.74, 6) is 0.556. The first kappa shape index (κ1) is 17.2. The Morgan fingerprint density at radius 3 is 2.64 bits per heavy atom. The summed E-state index contributed by atoms with van der Waals surface area (Å²) < 4.78 is 5.75. The molecule has 25 heavy (non-hydrogen) atoms. The van der Waals surface area contributed by atoms with E-state index in [-0.39, 0.29) is 11.1 Å². The highest BCUT2D eigenvalue weighted by atomic mass is 32.2. The van der Waals surface area contributed by atoms with Crippen LogP contribution in [0.2, 0.25) is 0 Å². The molecule has 1 saturated heterocycles. The Morgan fingerprint density at radius 1 is 1.24 bits per heavy atom. The minimum atomic E-state index is -0.225. The quantitative estimate of drug-likeness (QED) is 0.781. The average molecular weight is 353 g/mol. The smallest absolute Gasteiger partial charge is 0.264 e. The van der Waals surface area contributed by atoms with Gasteiger partial charge in [0.15, 0.2) is 5.17 Å². The van der Waals surface area contributed by atoms with E-state index in [1.54, 1.807) is 6.08 Å². The molecule has 0 unspecified atom stereocenters. The van der Waals surface area contributed by atoms with E-state index in [0.29, 0.717) is 11.5 Å². The Bertz CT molecular complexity index is 798. The molecule has 2 N–H and O–H groups in total. The fourth-order valence-corrected chi connectivity index (χ4v) is 3.04. The number of rotatable bonds is 6. The summed E-state index contributed by atoms with van der Waals surface area (Å²) in [5, 5.41) is 10.1. The van der Waals surface area contributed by atoms with Gasteiger partial charge in [0, 0.05) is 18.3 Å². The van der Waals surface area contributed by atoms with Gasteiger partial charge in [-0.05, 0) is 53.6 Å². The third-order valence-electron chi connectivity index (χ3n) is 3.76. The molecule has 5 nitrogen and oxygen atoms in total. The number of benzene rings is 1. The molecule has 0 atom stereocenters. The molecule has 0 saturated carbocycles. The van der Waals surface area contributed by atoms with Crippen molar-refractivity contribution in [2.75, 3.05) is 6.61 Å². The lowest BCUT2D eigenvalue weighted by Crippen LogP contribution is -2.18. The number of pyridine rings is 1. The number of nitrogens with zero attached hydrogens (tertiary/aromatic N) is 1. The van der Waals surface area contributed by atoms with Gasteiger partial charge >= 0.3 is 0 Å². The summed E-state index contributed by atoms with van der Waals surface area (Å²) in [6, 6.07) is 11.7. The zero-order valence-corrected chi connectivity index (χ0v) is 14.7. The maximum atomic E-state index is 11.6. The summed E-state index contributed by atoms with van der Waals surface area (Å²) in [7, 11) is 0. The molecular weight excluding hydrogens is 334 g/mol. The molecule has 2 heterocycles. The molecule has 1 aromatic carbocycles. The van der Waals surface area contributed by atoms with Crippen LogP contribution in [-0.4, -0.2) is 22.7 Å². The molecule has 0 aliphatic carbocycles. The van der Waals surface area contributed by atoms with Crippen molar-refractivity contribution in [3.63, 3.8) is 0 Å². The number of amidine groups is 1. The second-order valence-electron chi connectivity index (χ2n) is 5.57. The number of hydrogen-bond donors (Lipinski definition) is 2. The van der Waals surface area contributed by atoms with Gasteiger partial charge in [-0.2, -0.15) is 0 Å². The molecule has 1 aliphatic heterocycles. The highest BCUT2D eigenvalue weighted by molar-refractivity contribution is 8.18. The molecule has 6 heteroatoms. The van der Waals surface area contributed by atoms with Crippen LogP contribution in [0.5, 0.6) is 5.75 Å². The van der Waals surface area contributed by atoms with Gasteiger partial charge in [0.1, 0.15) is 5.75 Å². The van der Waals surface area contributed by atoms with Gasteiger partial charge in [-0.1, -0.05) is 25.1 Å². The molecule has 0 bridgehead atoms. The predicted octanol–water partition coefficient (Wildman–Crippen LogP) is 3.40. The molecule has 0 spiro atoms. The molecule has 0 radical (unpaired) electrons. The highest BCUT2D eigenvalue weighted by Crippen LogP contribution is 2.25. The molecule has 1 aliphatic rings. The van der Waals surface area contributed by atoms with Crippen molar-refractivity contribution in [3.05, 3.63) is 64.3 Å². The third-order valence-corrected chi connectivity index (χ3v) is 4.59. The van der Waals surface area contributed by atoms with E-state index >= 15 is 0 Å². The Morgan fingerprint density at radius 2 is 2.04 bits per heavy atom. The van der Waals surface area contributed by atoms with Gasteiger partial charge in [-0.3, -0.25) is 15.2 Å². The zero-order valence-electron chi connectivity index (χ0n) is 13.9. The van der Waals surface area contributed by atoms with Crippen LogP contribution >= 0.6 is 11.8 Å². The van der Waals surface area contributed by atoms with E-state index in [1.807, 2.05) is 36.5 Å². The molecule has 3 rings (SSSR count). The minimum absolute atomic E-state index is 0.164. The van der Waals surface area contributed by atoms with Crippen LogP contribution < -0.4 is 10.1 Å². The van der Waals surface area contributed by atoms with E-state index in [0.717, 1.165) is 41.6 Å². The van der Waals surface area contributed by atoms with Gasteiger partial charge in [0.25, 0.3) is 5.91 Å². The highest BCUT2D eigenvalue weighted by Gasteiger charge is 2.21. The van der Waals surface area contributed by atoms with E-state index < -0.39 is 0 Å². The Labute approximate surface area is 151 Å². The van der Waals surface area contributed by atoms with Crippen LogP contribution in [0.4, 0.5) is 0 Å². The first-order valence-electron chi connectivity index (χ1n) is 8.10. The van der Waals surface area contributed by atoms with Crippen molar-refractivity contribution in [1.29, 1.82) is 5.41 Å². The maximum absolute atomic E-state index is 11.6. The van der Waals surface area contributed by atoms with Crippen LogP contribution in [0.15, 0.2) is 47.5 Å². The van der Waals surface area contributed by atoms with Crippen molar-refractivity contribution >= 4 is 28.9 Å². The van der Waals surface area contributed by atoms with E-state index in [1.165, 1.54) is 5.56 Å². The standard InChI is InChI=1S/C19H19N3O2S/c1-2-13-3-6-15(21-12-13)9-10-24-16-7-4-14(5-8-16)11-17-18(23)22-19(20)25-17/h3-8,11-12H,2,9-10H2,1H3,(H2,20,22,23). The SMILES string of the molecule is CCc1ccc(CCOc2ccc(C=C3SC(=N)NC3=O)cc2)nc1. The van der Waals surface area contributed by atoms with Gasteiger partial charge in [0.05, 0.1) is 11.5 Å². The summed E-state index contributed by atoms with van der Waals surface area (Å²) >= 11 is 1.13. The number of carbonyl (C=O) groups is 1. The van der Waals surface area contributed by atoms with E-state index in [4.69, 9.17) is 10.1 Å². The molecule has 1 aromatic heterocycles. The van der Waals surface area contributed by atoms with Crippen molar-refractivity contribution < 1.29 is 9.53 Å². The van der Waals surface area contributed by atoms with Crippen molar-refractivity contribution in [3.8, 4) is 5.75 Å². The first-order valence-corrected chi connectivity index (χ1v) is 8.92. The van der Waals surface area contributed by atoms with Crippen LogP contribution in [0.1, 0.15) is 23.7 Å². The molecule has 1 amide bonds. The zero-order chi connectivity index (χ0) is 17.6. The number of nitrogens with one attached hydrogen (secondary N) is 2. The summed E-state index contributed by atoms with van der Waals surface area (Å²) in [6.45, 7) is 2.68. The van der Waals surface area contributed by atoms with Gasteiger partial charge in [-0.15, -0.1) is 0 Å². The summed E-state index contributed by atoms with van der Waals surface area (Å²) in [4.78, 5) is 16.5. The topological polar surface area (TPSA) is 75.1 Å². The Balaban J connectivity index is 1.53. The number of thioether (sulfide) groups is 1. The normalized spacial score (nSPS) is 15.5. The number of aryl methyl sites for hydroxylation is 1. The van der Waals surface area contributed by atoms with Crippen LogP contribution in [0.25, 0.3) is 6.08 Å². The number of carbonyl (C=O) groups excluding carboxylic acids is 1. The number of aromatic nitrogens is 1. The lowest BCUT2D eigenvalue weighted by molar-refractivity contribution is -0.115. The molecule has 128 valence electrons. The predicted molar refractivity (Wildman–Crippen MR) is 101 cm³/mol. The monoisotopic (exact) mass is 353 g/mol. The van der Waals surface area contributed by atoms with Gasteiger partial charge in [0.2, 0.25) is 0 Å². The lowest BCUT2D eigenvalue weighted by Gasteiger charge is -2.07. The number of hydrogen-bond acceptors (Lipinski definition) is 5. The first-order chi connectivity index (χ1) is 12.1. The van der Waals surface area contributed by atoms with Crippen molar-refractivity contribution in [2.45, 2.75) is 19.8 Å². The Kier molecular flexibility index (Phi) is 5.50.